The lowest BCUT2D eigenvalue weighted by atomic mass is 10.0. The van der Waals surface area contributed by atoms with Crippen LogP contribution in [-0.2, 0) is 6.42 Å². The maximum Gasteiger partial charge on any atom is 0.101 e. The number of benzene rings is 5. The van der Waals surface area contributed by atoms with E-state index in [1.165, 1.54) is 16.3 Å². The summed E-state index contributed by atoms with van der Waals surface area (Å²) in [4.78, 5) is 0. The van der Waals surface area contributed by atoms with Gasteiger partial charge >= 0.3 is 0 Å². The maximum atomic E-state index is 10.5. The highest BCUT2D eigenvalue weighted by atomic mass is 15.1. The van der Waals surface area contributed by atoms with Gasteiger partial charge in [0.15, 0.2) is 0 Å². The molecular formula is C36H22N4. The van der Waals surface area contributed by atoms with E-state index in [0.29, 0.717) is 11.1 Å². The normalized spacial score (nSPS) is 12.7. The Morgan fingerprint density at radius 3 is 1.90 bits per heavy atom. The van der Waals surface area contributed by atoms with Gasteiger partial charge in [-0.2, -0.15) is 10.5 Å². The van der Waals surface area contributed by atoms with Crippen molar-refractivity contribution >= 4 is 49.6 Å². The van der Waals surface area contributed by atoms with Gasteiger partial charge in [0.05, 0.1) is 39.1 Å². The topological polar surface area (TPSA) is 57.4 Å². The highest BCUT2D eigenvalue weighted by Crippen LogP contribution is 2.41. The summed E-state index contributed by atoms with van der Waals surface area (Å²) in [5, 5.41) is 26.7. The maximum absolute atomic E-state index is 10.5. The van der Waals surface area contributed by atoms with Crippen LogP contribution in [0.5, 0.6) is 0 Å². The Balaban J connectivity index is 1.61. The van der Waals surface area contributed by atoms with E-state index in [2.05, 4.69) is 100 Å². The van der Waals surface area contributed by atoms with E-state index in [9.17, 15) is 10.5 Å². The van der Waals surface area contributed by atoms with E-state index in [0.717, 1.165) is 62.6 Å². The second-order valence-corrected chi connectivity index (χ2v) is 10.3. The zero-order valence-corrected chi connectivity index (χ0v) is 21.6. The third-order valence-corrected chi connectivity index (χ3v) is 8.24. The predicted octanol–water partition coefficient (Wildman–Crippen LogP) is 8.58. The van der Waals surface area contributed by atoms with Gasteiger partial charge in [0.2, 0.25) is 0 Å². The summed E-state index contributed by atoms with van der Waals surface area (Å²) in [7, 11) is 0. The molecule has 0 fully saturated rings. The Kier molecular flexibility index (Phi) is 4.74. The number of fused-ring (bicyclic) bond motifs is 7. The summed E-state index contributed by atoms with van der Waals surface area (Å²) in [6.07, 6.45) is 6.29. The van der Waals surface area contributed by atoms with E-state index in [1.807, 2.05) is 18.2 Å². The van der Waals surface area contributed by atoms with E-state index in [1.54, 1.807) is 12.1 Å². The van der Waals surface area contributed by atoms with Crippen LogP contribution >= 0.6 is 0 Å². The lowest BCUT2D eigenvalue weighted by Crippen LogP contribution is -2.10. The summed E-state index contributed by atoms with van der Waals surface area (Å²) in [6.45, 7) is 0. The van der Waals surface area contributed by atoms with Gasteiger partial charge in [0, 0.05) is 21.9 Å². The number of hydrogen-bond acceptors (Lipinski definition) is 2. The van der Waals surface area contributed by atoms with Crippen LogP contribution < -0.4 is 0 Å². The molecule has 8 rings (SSSR count). The van der Waals surface area contributed by atoms with Gasteiger partial charge in [-0.05, 0) is 71.7 Å². The minimum absolute atomic E-state index is 0.524. The first kappa shape index (κ1) is 22.4. The second-order valence-electron chi connectivity index (χ2n) is 10.3. The smallest absolute Gasteiger partial charge is 0.101 e. The van der Waals surface area contributed by atoms with Crippen molar-refractivity contribution in [3.63, 3.8) is 0 Å². The zero-order chi connectivity index (χ0) is 26.8. The molecule has 0 saturated heterocycles. The molecule has 1 aliphatic rings. The third-order valence-electron chi connectivity index (χ3n) is 8.24. The van der Waals surface area contributed by atoms with Crippen LogP contribution in [0.4, 0.5) is 0 Å². The van der Waals surface area contributed by atoms with Crippen molar-refractivity contribution < 1.29 is 0 Å². The van der Waals surface area contributed by atoms with Crippen LogP contribution in [0.15, 0.2) is 103 Å². The number of allylic oxidation sites excluding steroid dienone is 1. The molecule has 0 N–H and O–H groups in total. The summed E-state index contributed by atoms with van der Waals surface area (Å²) in [6, 6.07) is 38.0. The van der Waals surface area contributed by atoms with Gasteiger partial charge in [0.1, 0.15) is 12.1 Å². The molecule has 0 amide bonds. The fourth-order valence-corrected chi connectivity index (χ4v) is 6.54. The monoisotopic (exact) mass is 510 g/mol. The molecule has 0 saturated carbocycles. The second kappa shape index (κ2) is 8.46. The van der Waals surface area contributed by atoms with Crippen molar-refractivity contribution in [3.8, 4) is 23.5 Å². The molecule has 0 atom stereocenters. The van der Waals surface area contributed by atoms with E-state index in [-0.39, 0.29) is 0 Å². The van der Waals surface area contributed by atoms with Crippen LogP contribution in [0.25, 0.3) is 60.9 Å². The van der Waals surface area contributed by atoms with Crippen molar-refractivity contribution in [3.05, 3.63) is 126 Å². The van der Waals surface area contributed by atoms with Gasteiger partial charge < -0.3 is 9.13 Å². The van der Waals surface area contributed by atoms with Crippen LogP contribution in [0.2, 0.25) is 0 Å². The van der Waals surface area contributed by atoms with E-state index >= 15 is 0 Å². The molecule has 0 spiro atoms. The van der Waals surface area contributed by atoms with Crippen LogP contribution in [0, 0.1) is 22.7 Å². The Morgan fingerprint density at radius 1 is 0.575 bits per heavy atom. The molecular weight excluding hydrogens is 488 g/mol. The van der Waals surface area contributed by atoms with Gasteiger partial charge in [-0.1, -0.05) is 66.7 Å². The number of nitrogens with zero attached hydrogens (tertiary/aromatic N) is 4. The predicted molar refractivity (Wildman–Crippen MR) is 162 cm³/mol. The van der Waals surface area contributed by atoms with Crippen molar-refractivity contribution in [2.75, 3.05) is 0 Å². The Morgan fingerprint density at radius 2 is 1.18 bits per heavy atom. The number of aromatic nitrogens is 2. The molecule has 0 radical (unpaired) electrons. The Bertz CT molecular complexity index is 2300. The van der Waals surface area contributed by atoms with Gasteiger partial charge in [-0.25, -0.2) is 0 Å². The number of hydrogen-bond donors (Lipinski definition) is 0. The van der Waals surface area contributed by atoms with Gasteiger partial charge in [0.25, 0.3) is 0 Å². The molecule has 0 unspecified atom stereocenters. The molecule has 1 aliphatic carbocycles. The molecule has 2 heterocycles. The molecule has 2 aromatic heterocycles. The van der Waals surface area contributed by atoms with Crippen molar-refractivity contribution in [1.82, 2.24) is 9.13 Å². The van der Waals surface area contributed by atoms with Gasteiger partial charge in [-0.3, -0.25) is 0 Å². The van der Waals surface area contributed by atoms with Crippen molar-refractivity contribution in [2.45, 2.75) is 12.8 Å². The number of rotatable bonds is 2. The molecule has 186 valence electrons. The largest absolute Gasteiger partial charge is 0.306 e. The molecule has 0 bridgehead atoms. The first-order valence-corrected chi connectivity index (χ1v) is 13.5. The SMILES string of the molecule is N#Cc1ccc(C#N)c(-n2c3ccccc3c3cc4ccccc4cc32)c1-n1c2c(c3ccccc31)CCC=C2. The van der Waals surface area contributed by atoms with E-state index < -0.39 is 0 Å². The lowest BCUT2D eigenvalue weighted by Gasteiger charge is -2.20. The highest BCUT2D eigenvalue weighted by Gasteiger charge is 2.26. The number of para-hydroxylation sites is 2. The number of nitriles is 2. The summed E-state index contributed by atoms with van der Waals surface area (Å²) in [5.74, 6) is 0. The zero-order valence-electron chi connectivity index (χ0n) is 21.6. The highest BCUT2D eigenvalue weighted by molar-refractivity contribution is 6.14. The Hall–Kier alpha value is -5.58. The summed E-state index contributed by atoms with van der Waals surface area (Å²) < 4.78 is 4.40. The minimum Gasteiger partial charge on any atom is -0.306 e. The molecule has 7 aromatic rings. The van der Waals surface area contributed by atoms with Crippen molar-refractivity contribution in [2.24, 2.45) is 0 Å². The Labute approximate surface area is 230 Å². The fourth-order valence-electron chi connectivity index (χ4n) is 6.54. The third kappa shape index (κ3) is 2.99. The van der Waals surface area contributed by atoms with Gasteiger partial charge in [-0.15, -0.1) is 0 Å². The van der Waals surface area contributed by atoms with E-state index in [4.69, 9.17) is 0 Å². The molecule has 4 nitrogen and oxygen atoms in total. The average molecular weight is 511 g/mol. The van der Waals surface area contributed by atoms with Crippen molar-refractivity contribution in [1.29, 1.82) is 10.5 Å². The number of aryl methyl sites for hydroxylation is 1. The average Bonchev–Trinajstić information content (AvgIpc) is 3.51. The minimum atomic E-state index is 0.524. The molecule has 4 heteroatoms. The molecule has 5 aromatic carbocycles. The van der Waals surface area contributed by atoms with Crippen LogP contribution in [0.3, 0.4) is 0 Å². The first-order chi connectivity index (χ1) is 19.8. The molecule has 0 aliphatic heterocycles. The van der Waals surface area contributed by atoms with Crippen LogP contribution in [0.1, 0.15) is 28.8 Å². The lowest BCUT2D eigenvalue weighted by molar-refractivity contribution is 0.960. The standard InChI is InChI=1S/C36H22N4/c37-21-25-17-18-26(22-38)36(35(25)39-31-14-6-3-11-27(31)28-12-4-7-15-32(28)39)40-33-16-8-5-13-29(33)30-19-23-9-1-2-10-24(23)20-34(30)40/h1-3,5-11,13-20H,4,12H2. The van der Waals surface area contributed by atoms with Crippen LogP contribution in [-0.4, -0.2) is 9.13 Å². The fraction of sp³-hybridized carbons (Fsp3) is 0.0556. The molecule has 40 heavy (non-hydrogen) atoms. The summed E-state index contributed by atoms with van der Waals surface area (Å²) >= 11 is 0. The first-order valence-electron chi connectivity index (χ1n) is 13.5. The quantitative estimate of drug-likeness (QED) is 0.234. The summed E-state index contributed by atoms with van der Waals surface area (Å²) in [5.41, 5.74) is 7.93.